The van der Waals surface area contributed by atoms with Crippen LogP contribution in [0.3, 0.4) is 0 Å². The zero-order valence-corrected chi connectivity index (χ0v) is 9.20. The number of nitrogens with zero attached hydrogens (tertiary/aromatic N) is 1. The van der Waals surface area contributed by atoms with Gasteiger partial charge in [-0.15, -0.1) is 0 Å². The van der Waals surface area contributed by atoms with Gasteiger partial charge >= 0.3 is 0 Å². The average molecular weight is 203 g/mol. The lowest BCUT2D eigenvalue weighted by Crippen LogP contribution is -2.25. The molecule has 1 saturated carbocycles. The molecule has 80 valence electrons. The van der Waals surface area contributed by atoms with Crippen LogP contribution in [0.5, 0.6) is 0 Å². The summed E-state index contributed by atoms with van der Waals surface area (Å²) >= 11 is 0. The molecule has 1 fully saturated rings. The average Bonchev–Trinajstić information content (AvgIpc) is 2.20. The first-order valence-electron chi connectivity index (χ1n) is 5.52. The lowest BCUT2D eigenvalue weighted by molar-refractivity contribution is 0.390. The van der Waals surface area contributed by atoms with Crippen LogP contribution in [0, 0.1) is 6.92 Å². The van der Waals surface area contributed by atoms with Crippen molar-refractivity contribution in [3.8, 4) is 0 Å². The van der Waals surface area contributed by atoms with Gasteiger partial charge in [0.25, 0.3) is 5.56 Å². The van der Waals surface area contributed by atoms with Crippen molar-refractivity contribution < 1.29 is 0 Å². The van der Waals surface area contributed by atoms with Crippen LogP contribution < -0.4 is 5.56 Å². The first kappa shape index (κ1) is 10.2. The molecular formula is C13H17NO. The summed E-state index contributed by atoms with van der Waals surface area (Å²) in [5.74, 6) is 0. The highest BCUT2D eigenvalue weighted by Gasteiger charge is 2.17. The molecule has 1 aliphatic carbocycles. The van der Waals surface area contributed by atoms with E-state index < -0.39 is 0 Å². The Bertz CT molecular complexity index is 420. The number of pyridine rings is 1. The van der Waals surface area contributed by atoms with E-state index in [9.17, 15) is 4.79 Å². The summed E-state index contributed by atoms with van der Waals surface area (Å²) in [6.07, 6.45) is 6.16. The van der Waals surface area contributed by atoms with Crippen LogP contribution in [0.1, 0.15) is 37.3 Å². The van der Waals surface area contributed by atoms with E-state index in [1.807, 2.05) is 23.8 Å². The zero-order chi connectivity index (χ0) is 10.8. The Labute approximate surface area is 90.2 Å². The van der Waals surface area contributed by atoms with Gasteiger partial charge < -0.3 is 4.57 Å². The minimum Gasteiger partial charge on any atom is -0.312 e. The van der Waals surface area contributed by atoms with Crippen molar-refractivity contribution >= 4 is 0 Å². The normalized spacial score (nSPS) is 18.1. The molecule has 1 aromatic heterocycles. The first-order valence-corrected chi connectivity index (χ1v) is 5.52. The molecule has 1 heterocycles. The number of aryl methyl sites for hydroxylation is 1. The maximum Gasteiger partial charge on any atom is 0.251 e. The third-order valence-corrected chi connectivity index (χ3v) is 3.16. The van der Waals surface area contributed by atoms with Gasteiger partial charge in [0.15, 0.2) is 0 Å². The second kappa shape index (κ2) is 4.05. The van der Waals surface area contributed by atoms with E-state index in [2.05, 4.69) is 6.58 Å². The fourth-order valence-corrected chi connectivity index (χ4v) is 2.18. The molecule has 0 spiro atoms. The van der Waals surface area contributed by atoms with Crippen LogP contribution in [0.4, 0.5) is 0 Å². The standard InChI is InChI=1S/C13H17NO/c1-10-3-5-12(6-4-10)14-8-7-11(2)9-13(14)15/h7-9,12H,1,3-6H2,2H3. The van der Waals surface area contributed by atoms with E-state index >= 15 is 0 Å². The van der Waals surface area contributed by atoms with Crippen molar-refractivity contribution in [2.45, 2.75) is 38.6 Å². The molecule has 0 amide bonds. The van der Waals surface area contributed by atoms with Crippen LogP contribution in [-0.4, -0.2) is 4.57 Å². The monoisotopic (exact) mass is 203 g/mol. The molecule has 0 atom stereocenters. The highest BCUT2D eigenvalue weighted by molar-refractivity contribution is 5.09. The summed E-state index contributed by atoms with van der Waals surface area (Å²) in [5.41, 5.74) is 2.50. The third-order valence-electron chi connectivity index (χ3n) is 3.16. The highest BCUT2D eigenvalue weighted by atomic mass is 16.1. The van der Waals surface area contributed by atoms with Crippen molar-refractivity contribution in [3.63, 3.8) is 0 Å². The van der Waals surface area contributed by atoms with Gasteiger partial charge in [-0.2, -0.15) is 0 Å². The molecule has 15 heavy (non-hydrogen) atoms. The van der Waals surface area contributed by atoms with Crippen LogP contribution in [-0.2, 0) is 0 Å². The summed E-state index contributed by atoms with van der Waals surface area (Å²) in [6.45, 7) is 5.94. The second-order valence-corrected chi connectivity index (χ2v) is 4.43. The fourth-order valence-electron chi connectivity index (χ4n) is 2.18. The highest BCUT2D eigenvalue weighted by Crippen LogP contribution is 2.29. The molecule has 1 aromatic rings. The molecule has 0 radical (unpaired) electrons. The Morgan fingerprint density at radius 2 is 2.07 bits per heavy atom. The Balaban J connectivity index is 2.23. The van der Waals surface area contributed by atoms with Crippen molar-refractivity contribution in [1.82, 2.24) is 4.57 Å². The lowest BCUT2D eigenvalue weighted by atomic mass is 9.91. The van der Waals surface area contributed by atoms with Crippen molar-refractivity contribution in [3.05, 3.63) is 46.4 Å². The Kier molecular flexibility index (Phi) is 2.76. The Morgan fingerprint density at radius 3 is 2.67 bits per heavy atom. The van der Waals surface area contributed by atoms with Gasteiger partial charge in [-0.3, -0.25) is 4.79 Å². The first-order chi connectivity index (χ1) is 7.16. The topological polar surface area (TPSA) is 22.0 Å². The predicted octanol–water partition coefficient (Wildman–Crippen LogP) is 2.83. The van der Waals surface area contributed by atoms with Gasteiger partial charge in [-0.25, -0.2) is 0 Å². The van der Waals surface area contributed by atoms with Crippen LogP contribution >= 0.6 is 0 Å². The number of rotatable bonds is 1. The summed E-state index contributed by atoms with van der Waals surface area (Å²) in [5, 5.41) is 0. The maximum atomic E-state index is 11.8. The van der Waals surface area contributed by atoms with Gasteiger partial charge in [0.2, 0.25) is 0 Å². The van der Waals surface area contributed by atoms with E-state index in [4.69, 9.17) is 0 Å². The molecule has 0 saturated heterocycles. The molecule has 0 bridgehead atoms. The summed E-state index contributed by atoms with van der Waals surface area (Å²) in [4.78, 5) is 11.8. The SMILES string of the molecule is C=C1CCC(n2ccc(C)cc2=O)CC1. The predicted molar refractivity (Wildman–Crippen MR) is 62.1 cm³/mol. The van der Waals surface area contributed by atoms with Gasteiger partial charge in [0.1, 0.15) is 0 Å². The number of allylic oxidation sites excluding steroid dienone is 1. The molecule has 1 aliphatic rings. The zero-order valence-electron chi connectivity index (χ0n) is 9.20. The van der Waals surface area contributed by atoms with E-state index in [1.54, 1.807) is 6.07 Å². The second-order valence-electron chi connectivity index (χ2n) is 4.43. The van der Waals surface area contributed by atoms with Crippen molar-refractivity contribution in [2.24, 2.45) is 0 Å². The molecule has 0 N–H and O–H groups in total. The molecule has 0 unspecified atom stereocenters. The van der Waals surface area contributed by atoms with Crippen molar-refractivity contribution in [2.75, 3.05) is 0 Å². The largest absolute Gasteiger partial charge is 0.312 e. The number of aromatic nitrogens is 1. The summed E-state index contributed by atoms with van der Waals surface area (Å²) in [7, 11) is 0. The third kappa shape index (κ3) is 2.20. The maximum absolute atomic E-state index is 11.8. The summed E-state index contributed by atoms with van der Waals surface area (Å²) in [6, 6.07) is 4.09. The van der Waals surface area contributed by atoms with E-state index in [0.29, 0.717) is 6.04 Å². The smallest absolute Gasteiger partial charge is 0.251 e. The van der Waals surface area contributed by atoms with Gasteiger partial charge in [-0.05, 0) is 44.2 Å². The minimum atomic E-state index is 0.132. The Morgan fingerprint density at radius 1 is 1.40 bits per heavy atom. The fraction of sp³-hybridized carbons (Fsp3) is 0.462. The molecule has 0 aromatic carbocycles. The van der Waals surface area contributed by atoms with E-state index in [1.165, 1.54) is 5.57 Å². The number of hydrogen-bond donors (Lipinski definition) is 0. The molecule has 2 rings (SSSR count). The molecular weight excluding hydrogens is 186 g/mol. The quantitative estimate of drug-likeness (QED) is 0.643. The van der Waals surface area contributed by atoms with E-state index in [0.717, 1.165) is 31.2 Å². The van der Waals surface area contributed by atoms with Crippen molar-refractivity contribution in [1.29, 1.82) is 0 Å². The van der Waals surface area contributed by atoms with Gasteiger partial charge in [0.05, 0.1) is 0 Å². The van der Waals surface area contributed by atoms with Gasteiger partial charge in [-0.1, -0.05) is 12.2 Å². The van der Waals surface area contributed by atoms with E-state index in [-0.39, 0.29) is 5.56 Å². The molecule has 2 heteroatoms. The van der Waals surface area contributed by atoms with Gasteiger partial charge in [0, 0.05) is 18.3 Å². The van der Waals surface area contributed by atoms with Crippen LogP contribution in [0.15, 0.2) is 35.3 Å². The minimum absolute atomic E-state index is 0.132. The number of hydrogen-bond acceptors (Lipinski definition) is 1. The lowest BCUT2D eigenvalue weighted by Gasteiger charge is -2.25. The Hall–Kier alpha value is -1.31. The van der Waals surface area contributed by atoms with Crippen LogP contribution in [0.25, 0.3) is 0 Å². The molecule has 0 aliphatic heterocycles. The molecule has 2 nitrogen and oxygen atoms in total. The summed E-state index contributed by atoms with van der Waals surface area (Å²) < 4.78 is 1.87. The van der Waals surface area contributed by atoms with Crippen LogP contribution in [0.2, 0.25) is 0 Å².